The molecule has 0 aliphatic rings. The first-order valence-corrected chi connectivity index (χ1v) is 8.01. The van der Waals surface area contributed by atoms with Crippen molar-refractivity contribution < 1.29 is 12.8 Å². The average Bonchev–Trinajstić information content (AvgIpc) is 2.40. The molecule has 3 N–H and O–H groups in total. The number of benzene rings is 1. The van der Waals surface area contributed by atoms with Crippen molar-refractivity contribution in [3.63, 3.8) is 0 Å². The number of likely N-dealkylation sites (N-methyl/N-ethyl adjacent to an activating group) is 1. The highest BCUT2D eigenvalue weighted by Gasteiger charge is 2.16. The van der Waals surface area contributed by atoms with E-state index in [1.165, 1.54) is 12.1 Å². The first-order chi connectivity index (χ1) is 9.27. The zero-order valence-corrected chi connectivity index (χ0v) is 12.9. The maximum Gasteiger partial charge on any atom is 0.240 e. The summed E-state index contributed by atoms with van der Waals surface area (Å²) >= 11 is 0. The van der Waals surface area contributed by atoms with Crippen molar-refractivity contribution in [3.8, 4) is 0 Å². The van der Waals surface area contributed by atoms with Gasteiger partial charge in [0.05, 0.1) is 10.6 Å². The van der Waals surface area contributed by atoms with Crippen molar-refractivity contribution in [2.45, 2.75) is 31.2 Å². The van der Waals surface area contributed by atoms with Crippen molar-refractivity contribution >= 4 is 15.7 Å². The minimum Gasteiger partial charge on any atom is -0.396 e. The van der Waals surface area contributed by atoms with E-state index in [2.05, 4.69) is 23.5 Å². The molecule has 1 atom stereocenters. The molecule has 0 aliphatic carbocycles. The number of halogens is 1. The number of hydrogen-bond donors (Lipinski definition) is 2. The molecular formula is C13H22FN3O2S. The van der Waals surface area contributed by atoms with E-state index in [-0.39, 0.29) is 17.1 Å². The summed E-state index contributed by atoms with van der Waals surface area (Å²) in [7, 11) is -1.76. The predicted octanol–water partition coefficient (Wildman–Crippen LogP) is 1.42. The topological polar surface area (TPSA) is 75.4 Å². The molecule has 0 amide bonds. The summed E-state index contributed by atoms with van der Waals surface area (Å²) in [6, 6.07) is 3.85. The van der Waals surface area contributed by atoms with Crippen molar-refractivity contribution in [1.82, 2.24) is 9.62 Å². The zero-order chi connectivity index (χ0) is 15.3. The van der Waals surface area contributed by atoms with Gasteiger partial charge in [-0.25, -0.2) is 17.5 Å². The summed E-state index contributed by atoms with van der Waals surface area (Å²) in [4.78, 5) is 1.95. The quantitative estimate of drug-likeness (QED) is 0.747. The van der Waals surface area contributed by atoms with Gasteiger partial charge in [-0.3, -0.25) is 0 Å². The lowest BCUT2D eigenvalue weighted by Gasteiger charge is -2.23. The molecule has 20 heavy (non-hydrogen) atoms. The first kappa shape index (κ1) is 16.9. The van der Waals surface area contributed by atoms with Gasteiger partial charge in [-0.1, -0.05) is 6.92 Å². The molecule has 0 bridgehead atoms. The SMILES string of the molecule is CCC(C)N(C)CCNS(=O)(=O)c1ccc(N)c(F)c1. The van der Waals surface area contributed by atoms with Gasteiger partial charge in [0.1, 0.15) is 5.82 Å². The van der Waals surface area contributed by atoms with Crippen LogP contribution in [0.2, 0.25) is 0 Å². The number of sulfonamides is 1. The third-order valence-electron chi connectivity index (χ3n) is 3.38. The van der Waals surface area contributed by atoms with Crippen LogP contribution in [0.5, 0.6) is 0 Å². The van der Waals surface area contributed by atoms with Crippen LogP contribution >= 0.6 is 0 Å². The van der Waals surface area contributed by atoms with Gasteiger partial charge in [0, 0.05) is 19.1 Å². The summed E-state index contributed by atoms with van der Waals surface area (Å²) in [5, 5.41) is 0. The minimum atomic E-state index is -3.70. The average molecular weight is 303 g/mol. The highest BCUT2D eigenvalue weighted by Crippen LogP contribution is 2.15. The van der Waals surface area contributed by atoms with Gasteiger partial charge in [0.25, 0.3) is 0 Å². The Kier molecular flexibility index (Phi) is 5.91. The van der Waals surface area contributed by atoms with E-state index in [4.69, 9.17) is 5.73 Å². The van der Waals surface area contributed by atoms with Gasteiger partial charge >= 0.3 is 0 Å². The maximum atomic E-state index is 13.3. The molecule has 114 valence electrons. The number of nitrogen functional groups attached to an aromatic ring is 1. The molecule has 0 saturated carbocycles. The molecule has 0 saturated heterocycles. The molecule has 1 rings (SSSR count). The number of rotatable bonds is 7. The van der Waals surface area contributed by atoms with Gasteiger partial charge in [-0.05, 0) is 38.6 Å². The van der Waals surface area contributed by atoms with E-state index in [1.807, 2.05) is 7.05 Å². The number of nitrogens with one attached hydrogen (secondary N) is 1. The second-order valence-electron chi connectivity index (χ2n) is 4.82. The summed E-state index contributed by atoms with van der Waals surface area (Å²) in [5.41, 5.74) is 5.25. The molecule has 0 spiro atoms. The fourth-order valence-electron chi connectivity index (χ4n) is 1.65. The molecule has 5 nitrogen and oxygen atoms in total. The molecule has 1 aromatic rings. The van der Waals surface area contributed by atoms with Gasteiger partial charge in [-0.15, -0.1) is 0 Å². The van der Waals surface area contributed by atoms with Crippen molar-refractivity contribution in [2.24, 2.45) is 0 Å². The number of nitrogens with zero attached hydrogens (tertiary/aromatic N) is 1. The molecule has 0 heterocycles. The summed E-state index contributed by atoms with van der Waals surface area (Å²) in [5.74, 6) is -0.732. The van der Waals surface area contributed by atoms with Gasteiger partial charge in [-0.2, -0.15) is 0 Å². The second-order valence-corrected chi connectivity index (χ2v) is 6.59. The lowest BCUT2D eigenvalue weighted by molar-refractivity contribution is 0.256. The van der Waals surface area contributed by atoms with Crippen LogP contribution in [0.4, 0.5) is 10.1 Å². The van der Waals surface area contributed by atoms with E-state index in [0.717, 1.165) is 12.5 Å². The maximum absolute atomic E-state index is 13.3. The number of nitrogens with two attached hydrogens (primary N) is 1. The number of hydrogen-bond acceptors (Lipinski definition) is 4. The lowest BCUT2D eigenvalue weighted by Crippen LogP contribution is -2.37. The van der Waals surface area contributed by atoms with Crippen LogP contribution in [0.3, 0.4) is 0 Å². The Bertz CT molecular complexity index is 549. The summed E-state index contributed by atoms with van der Waals surface area (Å²) < 4.78 is 39.7. The Hall–Kier alpha value is -1.18. The molecule has 1 unspecified atom stereocenters. The molecular weight excluding hydrogens is 281 g/mol. The van der Waals surface area contributed by atoms with E-state index >= 15 is 0 Å². The normalized spacial score (nSPS) is 13.7. The smallest absolute Gasteiger partial charge is 0.240 e. The Labute approximate surface area is 120 Å². The van der Waals surface area contributed by atoms with Gasteiger partial charge < -0.3 is 10.6 Å². The molecule has 0 fully saturated rings. The number of anilines is 1. The standard InChI is InChI=1S/C13H22FN3O2S/c1-4-10(2)17(3)8-7-16-20(18,19)11-5-6-13(15)12(14)9-11/h5-6,9-10,16H,4,7-8,15H2,1-3H3. The largest absolute Gasteiger partial charge is 0.396 e. The van der Waals surface area contributed by atoms with E-state index in [1.54, 1.807) is 0 Å². The molecule has 0 radical (unpaired) electrons. The van der Waals surface area contributed by atoms with E-state index < -0.39 is 15.8 Å². The fraction of sp³-hybridized carbons (Fsp3) is 0.538. The van der Waals surface area contributed by atoms with Crippen LogP contribution in [-0.4, -0.2) is 39.5 Å². The Morgan fingerprint density at radius 3 is 2.65 bits per heavy atom. The van der Waals surface area contributed by atoms with Crippen molar-refractivity contribution in [3.05, 3.63) is 24.0 Å². The van der Waals surface area contributed by atoms with Crippen LogP contribution in [0.1, 0.15) is 20.3 Å². The zero-order valence-electron chi connectivity index (χ0n) is 12.1. The molecule has 0 aliphatic heterocycles. The Balaban J connectivity index is 2.64. The highest BCUT2D eigenvalue weighted by molar-refractivity contribution is 7.89. The fourth-order valence-corrected chi connectivity index (χ4v) is 2.68. The lowest BCUT2D eigenvalue weighted by atomic mass is 10.2. The molecule has 0 aromatic heterocycles. The predicted molar refractivity (Wildman–Crippen MR) is 78.4 cm³/mol. The first-order valence-electron chi connectivity index (χ1n) is 6.53. The van der Waals surface area contributed by atoms with Crippen molar-refractivity contribution in [1.29, 1.82) is 0 Å². The molecule has 7 heteroatoms. The van der Waals surface area contributed by atoms with Crippen LogP contribution in [0.15, 0.2) is 23.1 Å². The van der Waals surface area contributed by atoms with Crippen molar-refractivity contribution in [2.75, 3.05) is 25.9 Å². The molecule has 1 aromatic carbocycles. The van der Waals surface area contributed by atoms with Crippen LogP contribution < -0.4 is 10.5 Å². The van der Waals surface area contributed by atoms with E-state index in [9.17, 15) is 12.8 Å². The van der Waals surface area contributed by atoms with Crippen LogP contribution in [0, 0.1) is 5.82 Å². The van der Waals surface area contributed by atoms with Crippen LogP contribution in [0.25, 0.3) is 0 Å². The Morgan fingerprint density at radius 2 is 2.10 bits per heavy atom. The van der Waals surface area contributed by atoms with E-state index in [0.29, 0.717) is 12.6 Å². The third kappa shape index (κ3) is 4.43. The summed E-state index contributed by atoms with van der Waals surface area (Å²) in [6.07, 6.45) is 0.992. The highest BCUT2D eigenvalue weighted by atomic mass is 32.2. The monoisotopic (exact) mass is 303 g/mol. The Morgan fingerprint density at radius 1 is 1.45 bits per heavy atom. The van der Waals surface area contributed by atoms with Crippen LogP contribution in [-0.2, 0) is 10.0 Å². The third-order valence-corrected chi connectivity index (χ3v) is 4.84. The van der Waals surface area contributed by atoms with Gasteiger partial charge in [0.2, 0.25) is 10.0 Å². The van der Waals surface area contributed by atoms with Gasteiger partial charge in [0.15, 0.2) is 0 Å². The minimum absolute atomic E-state index is 0.0690. The summed E-state index contributed by atoms with van der Waals surface area (Å²) in [6.45, 7) is 5.01. The second kappa shape index (κ2) is 7.01.